The summed E-state index contributed by atoms with van der Waals surface area (Å²) < 4.78 is 13.3. The quantitative estimate of drug-likeness (QED) is 0.845. The Kier molecular flexibility index (Phi) is 5.76. The average Bonchev–Trinajstić information content (AvgIpc) is 2.36. The number of aliphatic carboxylic acids is 1. The SMILES string of the molecule is CCCCC(=O)NC(C(=O)O)c1ccc(Cl)c(F)c1. The number of carboxylic acids is 1. The molecule has 1 aromatic carbocycles. The number of hydrogen-bond donors (Lipinski definition) is 2. The minimum atomic E-state index is -1.27. The highest BCUT2D eigenvalue weighted by Crippen LogP contribution is 2.20. The lowest BCUT2D eigenvalue weighted by molar-refractivity contribution is -0.142. The normalized spacial score (nSPS) is 11.9. The van der Waals surface area contributed by atoms with Crippen LogP contribution in [0.3, 0.4) is 0 Å². The van der Waals surface area contributed by atoms with E-state index in [-0.39, 0.29) is 22.9 Å². The van der Waals surface area contributed by atoms with Gasteiger partial charge in [-0.15, -0.1) is 0 Å². The first-order valence-electron chi connectivity index (χ1n) is 5.92. The Morgan fingerprint density at radius 3 is 2.68 bits per heavy atom. The van der Waals surface area contributed by atoms with Crippen molar-refractivity contribution >= 4 is 23.5 Å². The van der Waals surface area contributed by atoms with Crippen LogP contribution in [0.25, 0.3) is 0 Å². The zero-order valence-electron chi connectivity index (χ0n) is 10.5. The molecular weight excluding hydrogens is 273 g/mol. The fraction of sp³-hybridized carbons (Fsp3) is 0.385. The van der Waals surface area contributed by atoms with Crippen LogP contribution in [0.15, 0.2) is 18.2 Å². The van der Waals surface area contributed by atoms with Gasteiger partial charge in [0.1, 0.15) is 5.82 Å². The van der Waals surface area contributed by atoms with Gasteiger partial charge in [-0.1, -0.05) is 31.0 Å². The van der Waals surface area contributed by atoms with Crippen molar-refractivity contribution in [2.45, 2.75) is 32.2 Å². The van der Waals surface area contributed by atoms with E-state index in [1.165, 1.54) is 12.1 Å². The molecule has 0 spiro atoms. The van der Waals surface area contributed by atoms with Crippen molar-refractivity contribution in [1.29, 1.82) is 0 Å². The van der Waals surface area contributed by atoms with Gasteiger partial charge in [-0.05, 0) is 24.1 Å². The van der Waals surface area contributed by atoms with Crippen LogP contribution in [-0.2, 0) is 9.59 Å². The van der Waals surface area contributed by atoms with Crippen molar-refractivity contribution in [3.05, 3.63) is 34.6 Å². The van der Waals surface area contributed by atoms with E-state index in [9.17, 15) is 14.0 Å². The van der Waals surface area contributed by atoms with Gasteiger partial charge in [-0.25, -0.2) is 9.18 Å². The summed E-state index contributed by atoms with van der Waals surface area (Å²) >= 11 is 5.53. The summed E-state index contributed by atoms with van der Waals surface area (Å²) in [5, 5.41) is 11.4. The molecule has 0 aromatic heterocycles. The maximum atomic E-state index is 13.3. The number of carbonyl (C=O) groups is 2. The molecule has 0 fully saturated rings. The minimum Gasteiger partial charge on any atom is -0.479 e. The molecule has 1 atom stereocenters. The molecule has 0 aliphatic carbocycles. The van der Waals surface area contributed by atoms with E-state index in [1.54, 1.807) is 0 Å². The number of nitrogens with one attached hydrogen (secondary N) is 1. The Morgan fingerprint density at radius 1 is 1.47 bits per heavy atom. The maximum Gasteiger partial charge on any atom is 0.330 e. The van der Waals surface area contributed by atoms with Crippen molar-refractivity contribution in [2.24, 2.45) is 0 Å². The smallest absolute Gasteiger partial charge is 0.330 e. The summed E-state index contributed by atoms with van der Waals surface area (Å²) in [7, 11) is 0. The molecule has 1 amide bonds. The zero-order valence-corrected chi connectivity index (χ0v) is 11.2. The van der Waals surface area contributed by atoms with Gasteiger partial charge in [0.2, 0.25) is 5.91 Å². The van der Waals surface area contributed by atoms with Gasteiger partial charge in [-0.3, -0.25) is 4.79 Å². The molecule has 104 valence electrons. The number of unbranched alkanes of at least 4 members (excludes halogenated alkanes) is 1. The summed E-state index contributed by atoms with van der Waals surface area (Å²) in [6.45, 7) is 1.93. The van der Waals surface area contributed by atoms with Gasteiger partial charge in [0.25, 0.3) is 0 Å². The third kappa shape index (κ3) is 4.52. The number of amides is 1. The third-order valence-corrected chi connectivity index (χ3v) is 2.89. The molecule has 0 bridgehead atoms. The van der Waals surface area contributed by atoms with Crippen LogP contribution in [0, 0.1) is 5.82 Å². The molecule has 0 heterocycles. The molecule has 0 saturated heterocycles. The fourth-order valence-corrected chi connectivity index (χ4v) is 1.67. The molecule has 2 N–H and O–H groups in total. The molecule has 0 aliphatic heterocycles. The van der Waals surface area contributed by atoms with Crippen LogP contribution >= 0.6 is 11.6 Å². The van der Waals surface area contributed by atoms with Gasteiger partial charge in [0, 0.05) is 6.42 Å². The van der Waals surface area contributed by atoms with E-state index in [4.69, 9.17) is 16.7 Å². The second-order valence-corrected chi connectivity index (χ2v) is 4.52. The molecule has 1 rings (SSSR count). The highest BCUT2D eigenvalue weighted by atomic mass is 35.5. The third-order valence-electron chi connectivity index (χ3n) is 2.59. The number of carbonyl (C=O) groups excluding carboxylic acids is 1. The second-order valence-electron chi connectivity index (χ2n) is 4.12. The lowest BCUT2D eigenvalue weighted by Crippen LogP contribution is -2.33. The molecule has 19 heavy (non-hydrogen) atoms. The van der Waals surface area contributed by atoms with Gasteiger partial charge in [0.05, 0.1) is 5.02 Å². The Hall–Kier alpha value is -1.62. The van der Waals surface area contributed by atoms with E-state index in [1.807, 2.05) is 6.92 Å². The number of carboxylic acid groups (broad SMARTS) is 1. The number of hydrogen-bond acceptors (Lipinski definition) is 2. The van der Waals surface area contributed by atoms with Gasteiger partial charge < -0.3 is 10.4 Å². The largest absolute Gasteiger partial charge is 0.479 e. The molecule has 6 heteroatoms. The molecule has 1 aromatic rings. The Labute approximate surface area is 115 Å². The highest BCUT2D eigenvalue weighted by Gasteiger charge is 2.22. The van der Waals surface area contributed by atoms with Gasteiger partial charge >= 0.3 is 5.97 Å². The number of benzene rings is 1. The first-order valence-corrected chi connectivity index (χ1v) is 6.30. The number of halogens is 2. The maximum absolute atomic E-state index is 13.3. The lowest BCUT2D eigenvalue weighted by atomic mass is 10.1. The topological polar surface area (TPSA) is 66.4 Å². The molecule has 0 radical (unpaired) electrons. The standard InChI is InChI=1S/C13H15ClFNO3/c1-2-3-4-11(17)16-12(13(18)19)8-5-6-9(14)10(15)7-8/h5-7,12H,2-4H2,1H3,(H,16,17)(H,18,19). The van der Waals surface area contributed by atoms with Crippen LogP contribution in [0.5, 0.6) is 0 Å². The average molecular weight is 288 g/mol. The Bertz CT molecular complexity index is 479. The van der Waals surface area contributed by atoms with E-state index in [0.29, 0.717) is 6.42 Å². The molecule has 4 nitrogen and oxygen atoms in total. The van der Waals surface area contributed by atoms with E-state index < -0.39 is 17.8 Å². The van der Waals surface area contributed by atoms with Crippen molar-refractivity contribution in [3.63, 3.8) is 0 Å². The van der Waals surface area contributed by atoms with E-state index in [2.05, 4.69) is 5.32 Å². The summed E-state index contributed by atoms with van der Waals surface area (Å²) in [6.07, 6.45) is 1.75. The van der Waals surface area contributed by atoms with Gasteiger partial charge in [0.15, 0.2) is 6.04 Å². The summed E-state index contributed by atoms with van der Waals surface area (Å²) in [4.78, 5) is 22.7. The second kappa shape index (κ2) is 7.09. The van der Waals surface area contributed by atoms with Crippen molar-refractivity contribution in [2.75, 3.05) is 0 Å². The molecule has 0 saturated carbocycles. The van der Waals surface area contributed by atoms with Crippen LogP contribution < -0.4 is 5.32 Å². The van der Waals surface area contributed by atoms with Crippen LogP contribution in [0.2, 0.25) is 5.02 Å². The Morgan fingerprint density at radius 2 is 2.16 bits per heavy atom. The van der Waals surface area contributed by atoms with Crippen molar-refractivity contribution in [3.8, 4) is 0 Å². The first kappa shape index (κ1) is 15.4. The molecule has 0 aliphatic rings. The predicted molar refractivity (Wildman–Crippen MR) is 69.5 cm³/mol. The zero-order chi connectivity index (χ0) is 14.4. The first-order chi connectivity index (χ1) is 8.95. The van der Waals surface area contributed by atoms with Crippen LogP contribution in [-0.4, -0.2) is 17.0 Å². The monoisotopic (exact) mass is 287 g/mol. The predicted octanol–water partition coefficient (Wildman–Crippen LogP) is 2.91. The molecular formula is C13H15ClFNO3. The number of rotatable bonds is 6. The fourth-order valence-electron chi connectivity index (χ4n) is 1.55. The van der Waals surface area contributed by atoms with Crippen molar-refractivity contribution < 1.29 is 19.1 Å². The Balaban J connectivity index is 2.85. The summed E-state index contributed by atoms with van der Waals surface area (Å²) in [5.74, 6) is -2.33. The van der Waals surface area contributed by atoms with Crippen LogP contribution in [0.4, 0.5) is 4.39 Å². The minimum absolute atomic E-state index is 0.0924. The summed E-state index contributed by atoms with van der Waals surface area (Å²) in [6, 6.07) is 2.39. The van der Waals surface area contributed by atoms with E-state index >= 15 is 0 Å². The van der Waals surface area contributed by atoms with Gasteiger partial charge in [-0.2, -0.15) is 0 Å². The molecule has 1 unspecified atom stereocenters. The highest BCUT2D eigenvalue weighted by molar-refractivity contribution is 6.30. The van der Waals surface area contributed by atoms with E-state index in [0.717, 1.165) is 12.5 Å². The van der Waals surface area contributed by atoms with Crippen molar-refractivity contribution in [1.82, 2.24) is 5.32 Å². The lowest BCUT2D eigenvalue weighted by Gasteiger charge is -2.15. The summed E-state index contributed by atoms with van der Waals surface area (Å²) in [5.41, 5.74) is 0.152. The van der Waals surface area contributed by atoms with Crippen LogP contribution in [0.1, 0.15) is 37.8 Å².